The van der Waals surface area contributed by atoms with Crippen molar-refractivity contribution in [3.05, 3.63) is 23.8 Å². The first-order valence-electron chi connectivity index (χ1n) is 4.01. The number of thioether (sulfide) groups is 1. The molecule has 1 heterocycles. The molecule has 72 valence electrons. The molecular formula is C10H8O2S2. The Morgan fingerprint density at radius 2 is 2.29 bits per heavy atom. The zero-order valence-electron chi connectivity index (χ0n) is 7.48. The lowest BCUT2D eigenvalue weighted by atomic mass is 10.2. The highest BCUT2D eigenvalue weighted by molar-refractivity contribution is 7.98. The van der Waals surface area contributed by atoms with E-state index in [0.29, 0.717) is 5.56 Å². The SMILES string of the molecule is CSc1ccc2cc(O)sc2c1C=O. The van der Waals surface area contributed by atoms with Crippen molar-refractivity contribution < 1.29 is 9.90 Å². The van der Waals surface area contributed by atoms with Crippen molar-refractivity contribution in [1.82, 2.24) is 0 Å². The second-order valence-electron chi connectivity index (χ2n) is 2.80. The van der Waals surface area contributed by atoms with Gasteiger partial charge in [-0.3, -0.25) is 4.79 Å². The summed E-state index contributed by atoms with van der Waals surface area (Å²) < 4.78 is 0.865. The molecule has 0 aliphatic carbocycles. The average molecular weight is 224 g/mol. The number of benzene rings is 1. The standard InChI is InChI=1S/C10H8O2S2/c1-13-8-3-2-6-4-9(12)14-10(6)7(8)5-11/h2-5,12H,1H3. The average Bonchev–Trinajstić information content (AvgIpc) is 2.56. The Balaban J connectivity index is 2.82. The minimum absolute atomic E-state index is 0.251. The summed E-state index contributed by atoms with van der Waals surface area (Å²) in [5.41, 5.74) is 0.681. The van der Waals surface area contributed by atoms with Gasteiger partial charge in [-0.1, -0.05) is 17.4 Å². The number of fused-ring (bicyclic) bond motifs is 1. The fraction of sp³-hybridized carbons (Fsp3) is 0.100. The first kappa shape index (κ1) is 9.55. The molecule has 0 unspecified atom stereocenters. The molecule has 1 aromatic carbocycles. The van der Waals surface area contributed by atoms with Gasteiger partial charge in [0.05, 0.1) is 0 Å². The first-order valence-corrected chi connectivity index (χ1v) is 6.05. The molecule has 0 radical (unpaired) electrons. The van der Waals surface area contributed by atoms with E-state index in [-0.39, 0.29) is 5.06 Å². The number of thiophene rings is 1. The number of carbonyl (C=O) groups excluding carboxylic acids is 1. The van der Waals surface area contributed by atoms with Crippen molar-refractivity contribution in [2.45, 2.75) is 4.90 Å². The summed E-state index contributed by atoms with van der Waals surface area (Å²) in [4.78, 5) is 11.9. The fourth-order valence-electron chi connectivity index (χ4n) is 1.38. The van der Waals surface area contributed by atoms with Gasteiger partial charge in [-0.2, -0.15) is 0 Å². The Morgan fingerprint density at radius 3 is 2.93 bits per heavy atom. The van der Waals surface area contributed by atoms with Gasteiger partial charge in [0.25, 0.3) is 0 Å². The van der Waals surface area contributed by atoms with Crippen molar-refractivity contribution in [2.24, 2.45) is 0 Å². The summed E-state index contributed by atoms with van der Waals surface area (Å²) in [5.74, 6) is 0. The Hall–Kier alpha value is -1.00. The monoisotopic (exact) mass is 224 g/mol. The van der Waals surface area contributed by atoms with Gasteiger partial charge >= 0.3 is 0 Å². The molecule has 0 amide bonds. The second-order valence-corrected chi connectivity index (χ2v) is 4.68. The summed E-state index contributed by atoms with van der Waals surface area (Å²) in [6.45, 7) is 0. The van der Waals surface area contributed by atoms with Gasteiger partial charge in [-0.05, 0) is 23.8 Å². The molecule has 4 heteroatoms. The minimum atomic E-state index is 0.251. The summed E-state index contributed by atoms with van der Waals surface area (Å²) >= 11 is 2.78. The van der Waals surface area contributed by atoms with E-state index in [1.165, 1.54) is 23.1 Å². The third-order valence-corrected chi connectivity index (χ3v) is 3.79. The van der Waals surface area contributed by atoms with Gasteiger partial charge in [0.2, 0.25) is 0 Å². The molecule has 2 aromatic rings. The number of rotatable bonds is 2. The number of hydrogen-bond donors (Lipinski definition) is 1. The van der Waals surface area contributed by atoms with Gasteiger partial charge in [0, 0.05) is 15.2 Å². The third-order valence-electron chi connectivity index (χ3n) is 2.01. The molecule has 1 aromatic heterocycles. The van der Waals surface area contributed by atoms with Crippen LogP contribution in [-0.4, -0.2) is 17.6 Å². The molecule has 0 atom stereocenters. The lowest BCUT2D eigenvalue weighted by molar-refractivity contribution is 0.112. The van der Waals surface area contributed by atoms with Gasteiger partial charge in [0.1, 0.15) is 0 Å². The smallest absolute Gasteiger partial charge is 0.172 e. The molecule has 14 heavy (non-hydrogen) atoms. The summed E-state index contributed by atoms with van der Waals surface area (Å²) in [6.07, 6.45) is 2.78. The van der Waals surface area contributed by atoms with Crippen molar-refractivity contribution in [3.63, 3.8) is 0 Å². The normalized spacial score (nSPS) is 10.6. The summed E-state index contributed by atoms with van der Waals surface area (Å²) in [7, 11) is 0. The molecule has 0 fully saturated rings. The van der Waals surface area contributed by atoms with E-state index in [0.717, 1.165) is 21.3 Å². The van der Waals surface area contributed by atoms with Crippen LogP contribution in [0.2, 0.25) is 0 Å². The van der Waals surface area contributed by atoms with E-state index in [9.17, 15) is 9.90 Å². The molecule has 0 aliphatic rings. The number of aromatic hydroxyl groups is 1. The molecule has 2 rings (SSSR count). The maximum atomic E-state index is 10.9. The van der Waals surface area contributed by atoms with E-state index in [2.05, 4.69) is 0 Å². The van der Waals surface area contributed by atoms with Crippen molar-refractivity contribution in [2.75, 3.05) is 6.26 Å². The summed E-state index contributed by atoms with van der Waals surface area (Å²) in [6, 6.07) is 5.50. The largest absolute Gasteiger partial charge is 0.499 e. The Labute approximate surface area is 89.6 Å². The van der Waals surface area contributed by atoms with Crippen LogP contribution in [0.1, 0.15) is 10.4 Å². The highest BCUT2D eigenvalue weighted by Gasteiger charge is 2.09. The van der Waals surface area contributed by atoms with Gasteiger partial charge in [-0.15, -0.1) is 11.8 Å². The van der Waals surface area contributed by atoms with Crippen LogP contribution >= 0.6 is 23.1 Å². The Kier molecular flexibility index (Phi) is 2.48. The third kappa shape index (κ3) is 1.40. The van der Waals surface area contributed by atoms with Crippen LogP contribution in [0.4, 0.5) is 0 Å². The molecule has 1 N–H and O–H groups in total. The van der Waals surface area contributed by atoms with E-state index in [4.69, 9.17) is 0 Å². The predicted molar refractivity (Wildman–Crippen MR) is 60.7 cm³/mol. The van der Waals surface area contributed by atoms with Crippen molar-refractivity contribution in [1.29, 1.82) is 0 Å². The molecule has 2 nitrogen and oxygen atoms in total. The van der Waals surface area contributed by atoms with Crippen molar-refractivity contribution in [3.8, 4) is 5.06 Å². The highest BCUT2D eigenvalue weighted by Crippen LogP contribution is 2.36. The molecule has 0 bridgehead atoms. The van der Waals surface area contributed by atoms with Gasteiger partial charge in [-0.25, -0.2) is 0 Å². The van der Waals surface area contributed by atoms with Gasteiger partial charge < -0.3 is 5.11 Å². The predicted octanol–water partition coefficient (Wildman–Crippen LogP) is 3.14. The quantitative estimate of drug-likeness (QED) is 0.629. The van der Waals surface area contributed by atoms with Crippen molar-refractivity contribution >= 4 is 39.5 Å². The van der Waals surface area contributed by atoms with E-state index >= 15 is 0 Å². The first-order chi connectivity index (χ1) is 6.76. The van der Waals surface area contributed by atoms with E-state index < -0.39 is 0 Å². The van der Waals surface area contributed by atoms with E-state index in [1.54, 1.807) is 6.07 Å². The van der Waals surface area contributed by atoms with Gasteiger partial charge in [0.15, 0.2) is 11.3 Å². The van der Waals surface area contributed by atoms with Crippen LogP contribution in [-0.2, 0) is 0 Å². The summed E-state index contributed by atoms with van der Waals surface area (Å²) in [5, 5.41) is 10.5. The van der Waals surface area contributed by atoms with Crippen LogP contribution in [0.5, 0.6) is 5.06 Å². The van der Waals surface area contributed by atoms with Crippen LogP contribution in [0.25, 0.3) is 10.1 Å². The molecule has 0 aliphatic heterocycles. The molecular weight excluding hydrogens is 216 g/mol. The fourth-order valence-corrected chi connectivity index (χ4v) is 2.93. The minimum Gasteiger partial charge on any atom is -0.499 e. The maximum Gasteiger partial charge on any atom is 0.172 e. The molecule has 0 saturated carbocycles. The Bertz CT molecular complexity index is 488. The molecule has 0 spiro atoms. The number of aldehydes is 1. The van der Waals surface area contributed by atoms with Crippen LogP contribution < -0.4 is 0 Å². The number of carbonyl (C=O) groups is 1. The zero-order valence-corrected chi connectivity index (χ0v) is 9.11. The lowest BCUT2D eigenvalue weighted by Crippen LogP contribution is -1.83. The Morgan fingerprint density at radius 1 is 1.50 bits per heavy atom. The number of hydrogen-bond acceptors (Lipinski definition) is 4. The topological polar surface area (TPSA) is 37.3 Å². The zero-order chi connectivity index (χ0) is 10.1. The van der Waals surface area contributed by atoms with Crippen LogP contribution in [0, 0.1) is 0 Å². The maximum absolute atomic E-state index is 10.9. The van der Waals surface area contributed by atoms with Crippen LogP contribution in [0.15, 0.2) is 23.1 Å². The lowest BCUT2D eigenvalue weighted by Gasteiger charge is -2.00. The van der Waals surface area contributed by atoms with E-state index in [1.807, 2.05) is 18.4 Å². The second kappa shape index (κ2) is 3.63. The van der Waals surface area contributed by atoms with Crippen LogP contribution in [0.3, 0.4) is 0 Å². The molecule has 0 saturated heterocycles. The highest BCUT2D eigenvalue weighted by atomic mass is 32.2.